The van der Waals surface area contributed by atoms with Gasteiger partial charge in [0.05, 0.1) is 11.4 Å². The van der Waals surface area contributed by atoms with Gasteiger partial charge in [-0.25, -0.2) is 0 Å². The third kappa shape index (κ3) is 1.94. The molecule has 0 saturated heterocycles. The average Bonchev–Trinajstić information content (AvgIpc) is 2.82. The number of nitrogens with zero attached hydrogens (tertiary/aromatic N) is 2. The molecular weight excluding hydrogens is 240 g/mol. The first-order chi connectivity index (χ1) is 9.19. The maximum absolute atomic E-state index is 9.59. The van der Waals surface area contributed by atoms with Gasteiger partial charge in [0.1, 0.15) is 5.75 Å². The SMILES string of the molecule is Cc1nnc(-c2c[nH]c3ccc(O)cc23)cc1CN. The highest BCUT2D eigenvalue weighted by Crippen LogP contribution is 2.30. The summed E-state index contributed by atoms with van der Waals surface area (Å²) >= 11 is 0. The molecule has 5 nitrogen and oxygen atoms in total. The van der Waals surface area contributed by atoms with E-state index < -0.39 is 0 Å². The lowest BCUT2D eigenvalue weighted by Gasteiger charge is -2.04. The van der Waals surface area contributed by atoms with Crippen LogP contribution < -0.4 is 5.73 Å². The number of hydrogen-bond acceptors (Lipinski definition) is 4. The van der Waals surface area contributed by atoms with Crippen molar-refractivity contribution < 1.29 is 5.11 Å². The van der Waals surface area contributed by atoms with Crippen LogP contribution in [0.3, 0.4) is 0 Å². The second-order valence-corrected chi connectivity index (χ2v) is 4.48. The first kappa shape index (κ1) is 11.7. The molecule has 0 aliphatic heterocycles. The van der Waals surface area contributed by atoms with Gasteiger partial charge in [-0.1, -0.05) is 0 Å². The Bertz CT molecular complexity index is 748. The third-order valence-electron chi connectivity index (χ3n) is 3.24. The Morgan fingerprint density at radius 1 is 1.26 bits per heavy atom. The molecule has 4 N–H and O–H groups in total. The topological polar surface area (TPSA) is 87.8 Å². The van der Waals surface area contributed by atoms with Crippen molar-refractivity contribution in [1.82, 2.24) is 15.2 Å². The van der Waals surface area contributed by atoms with Crippen LogP contribution in [0, 0.1) is 6.92 Å². The van der Waals surface area contributed by atoms with E-state index in [0.717, 1.165) is 33.4 Å². The minimum Gasteiger partial charge on any atom is -0.508 e. The molecule has 0 saturated carbocycles. The number of nitrogens with one attached hydrogen (secondary N) is 1. The van der Waals surface area contributed by atoms with E-state index in [0.29, 0.717) is 6.54 Å². The van der Waals surface area contributed by atoms with E-state index in [1.54, 1.807) is 12.1 Å². The van der Waals surface area contributed by atoms with Crippen molar-refractivity contribution >= 4 is 10.9 Å². The van der Waals surface area contributed by atoms with Gasteiger partial charge < -0.3 is 15.8 Å². The first-order valence-electron chi connectivity index (χ1n) is 6.03. The van der Waals surface area contributed by atoms with Crippen molar-refractivity contribution in [1.29, 1.82) is 0 Å². The van der Waals surface area contributed by atoms with E-state index in [-0.39, 0.29) is 5.75 Å². The summed E-state index contributed by atoms with van der Waals surface area (Å²) in [6, 6.07) is 7.13. The number of benzene rings is 1. The summed E-state index contributed by atoms with van der Waals surface area (Å²) in [5.74, 6) is 0.229. The molecule has 1 aromatic carbocycles. The number of nitrogens with two attached hydrogens (primary N) is 1. The molecule has 0 amide bonds. The number of aryl methyl sites for hydroxylation is 1. The van der Waals surface area contributed by atoms with Crippen LogP contribution in [0.15, 0.2) is 30.5 Å². The van der Waals surface area contributed by atoms with Crippen LogP contribution in [0.1, 0.15) is 11.3 Å². The Labute approximate surface area is 110 Å². The molecule has 2 heterocycles. The largest absolute Gasteiger partial charge is 0.508 e. The monoisotopic (exact) mass is 254 g/mol. The second kappa shape index (κ2) is 4.37. The van der Waals surface area contributed by atoms with Gasteiger partial charge in [-0.3, -0.25) is 0 Å². The average molecular weight is 254 g/mol. The fourth-order valence-corrected chi connectivity index (χ4v) is 2.15. The van der Waals surface area contributed by atoms with Crippen LogP contribution in [-0.4, -0.2) is 20.3 Å². The van der Waals surface area contributed by atoms with Crippen molar-refractivity contribution in [2.45, 2.75) is 13.5 Å². The van der Waals surface area contributed by atoms with Gasteiger partial charge in [0.25, 0.3) is 0 Å². The van der Waals surface area contributed by atoms with Gasteiger partial charge in [-0.05, 0) is 36.8 Å². The predicted molar refractivity (Wildman–Crippen MR) is 73.6 cm³/mol. The van der Waals surface area contributed by atoms with Crippen LogP contribution in [0.25, 0.3) is 22.2 Å². The molecule has 0 fully saturated rings. The van der Waals surface area contributed by atoms with Gasteiger partial charge in [0.15, 0.2) is 0 Å². The molecule has 0 aliphatic rings. The van der Waals surface area contributed by atoms with Crippen LogP contribution in [0.5, 0.6) is 5.75 Å². The van der Waals surface area contributed by atoms with Crippen molar-refractivity contribution in [3.8, 4) is 17.0 Å². The van der Waals surface area contributed by atoms with Crippen LogP contribution in [0.2, 0.25) is 0 Å². The van der Waals surface area contributed by atoms with E-state index in [1.807, 2.05) is 25.3 Å². The van der Waals surface area contributed by atoms with Crippen LogP contribution in [-0.2, 0) is 6.54 Å². The van der Waals surface area contributed by atoms with Crippen molar-refractivity contribution in [3.05, 3.63) is 41.7 Å². The highest BCUT2D eigenvalue weighted by atomic mass is 16.3. The molecule has 2 aromatic heterocycles. The van der Waals surface area contributed by atoms with Crippen molar-refractivity contribution in [2.75, 3.05) is 0 Å². The summed E-state index contributed by atoms with van der Waals surface area (Å²) in [6.45, 7) is 2.32. The minimum atomic E-state index is 0.229. The summed E-state index contributed by atoms with van der Waals surface area (Å²) in [5.41, 5.74) is 10.1. The quantitative estimate of drug-likeness (QED) is 0.653. The highest BCUT2D eigenvalue weighted by molar-refractivity contribution is 5.95. The van der Waals surface area contributed by atoms with Gasteiger partial charge >= 0.3 is 0 Å². The molecular formula is C14H14N4O. The number of rotatable bonds is 2. The minimum absolute atomic E-state index is 0.229. The summed E-state index contributed by atoms with van der Waals surface area (Å²) in [5, 5.41) is 18.8. The number of phenols is 1. The maximum Gasteiger partial charge on any atom is 0.116 e. The Kier molecular flexibility index (Phi) is 2.68. The van der Waals surface area contributed by atoms with E-state index >= 15 is 0 Å². The molecule has 5 heteroatoms. The summed E-state index contributed by atoms with van der Waals surface area (Å²) < 4.78 is 0. The number of phenolic OH excluding ortho intramolecular Hbond substituents is 1. The Hall–Kier alpha value is -2.40. The van der Waals surface area contributed by atoms with Gasteiger partial charge in [-0.15, -0.1) is 0 Å². The van der Waals surface area contributed by atoms with Crippen molar-refractivity contribution in [3.63, 3.8) is 0 Å². The number of aromatic nitrogens is 3. The van der Waals surface area contributed by atoms with E-state index in [4.69, 9.17) is 5.73 Å². The Morgan fingerprint density at radius 2 is 2.11 bits per heavy atom. The zero-order valence-corrected chi connectivity index (χ0v) is 10.5. The number of fused-ring (bicyclic) bond motifs is 1. The summed E-state index contributed by atoms with van der Waals surface area (Å²) in [6.07, 6.45) is 1.86. The number of aromatic hydroxyl groups is 1. The highest BCUT2D eigenvalue weighted by Gasteiger charge is 2.10. The number of H-pyrrole nitrogens is 1. The molecule has 3 rings (SSSR count). The maximum atomic E-state index is 9.59. The molecule has 0 unspecified atom stereocenters. The Balaban J connectivity index is 2.21. The fourth-order valence-electron chi connectivity index (χ4n) is 2.15. The normalized spacial score (nSPS) is 11.1. The molecule has 96 valence electrons. The van der Waals surface area contributed by atoms with E-state index in [1.165, 1.54) is 0 Å². The molecule has 0 aliphatic carbocycles. The lowest BCUT2D eigenvalue weighted by atomic mass is 10.1. The molecule has 3 aromatic rings. The lowest BCUT2D eigenvalue weighted by molar-refractivity contribution is 0.476. The fraction of sp³-hybridized carbons (Fsp3) is 0.143. The standard InChI is InChI=1S/C14H14N4O/c1-8-9(6-15)4-14(18-17-8)12-7-16-13-3-2-10(19)5-11(12)13/h2-5,7,16,19H,6,15H2,1H3. The summed E-state index contributed by atoms with van der Waals surface area (Å²) in [7, 11) is 0. The number of aromatic amines is 1. The second-order valence-electron chi connectivity index (χ2n) is 4.48. The van der Waals surface area contributed by atoms with Gasteiger partial charge in [-0.2, -0.15) is 10.2 Å². The summed E-state index contributed by atoms with van der Waals surface area (Å²) in [4.78, 5) is 3.16. The van der Waals surface area contributed by atoms with Crippen LogP contribution >= 0.6 is 0 Å². The lowest BCUT2D eigenvalue weighted by Crippen LogP contribution is -2.03. The molecule has 0 atom stereocenters. The molecule has 0 bridgehead atoms. The molecule has 0 spiro atoms. The van der Waals surface area contributed by atoms with E-state index in [2.05, 4.69) is 15.2 Å². The van der Waals surface area contributed by atoms with Crippen molar-refractivity contribution in [2.24, 2.45) is 5.73 Å². The first-order valence-corrected chi connectivity index (χ1v) is 6.03. The van der Waals surface area contributed by atoms with E-state index in [9.17, 15) is 5.11 Å². The third-order valence-corrected chi connectivity index (χ3v) is 3.24. The molecule has 19 heavy (non-hydrogen) atoms. The zero-order chi connectivity index (χ0) is 13.4. The Morgan fingerprint density at radius 3 is 2.89 bits per heavy atom. The van der Waals surface area contributed by atoms with Crippen LogP contribution in [0.4, 0.5) is 0 Å². The predicted octanol–water partition coefficient (Wildman–Crippen LogP) is 2.10. The smallest absolute Gasteiger partial charge is 0.116 e. The van der Waals surface area contributed by atoms with Gasteiger partial charge in [0, 0.05) is 29.2 Å². The number of hydrogen-bond donors (Lipinski definition) is 3. The zero-order valence-electron chi connectivity index (χ0n) is 10.5. The van der Waals surface area contributed by atoms with Gasteiger partial charge in [0.2, 0.25) is 0 Å². The molecule has 0 radical (unpaired) electrons.